The van der Waals surface area contributed by atoms with Crippen LogP contribution >= 0.6 is 0 Å². The van der Waals surface area contributed by atoms with Crippen molar-refractivity contribution in [2.45, 2.75) is 12.4 Å². The normalized spacial score (nSPS) is 12.6. The summed E-state index contributed by atoms with van der Waals surface area (Å²) >= 11 is 0. The van der Waals surface area contributed by atoms with Gasteiger partial charge in [-0.2, -0.15) is 26.3 Å². The number of benzene rings is 2. The quantitative estimate of drug-likeness (QED) is 0.408. The minimum absolute atomic E-state index is 0.0499. The zero-order valence-corrected chi connectivity index (χ0v) is 14.7. The summed E-state index contributed by atoms with van der Waals surface area (Å²) in [7, 11) is 0. The number of carboxylic acids is 1. The van der Waals surface area contributed by atoms with Gasteiger partial charge in [-0.15, -0.1) is 0 Å². The lowest BCUT2D eigenvalue weighted by Crippen LogP contribution is -2.12. The largest absolute Gasteiger partial charge is 0.478 e. The molecule has 0 amide bonds. The van der Waals surface area contributed by atoms with Crippen LogP contribution in [0.15, 0.2) is 54.7 Å². The molecule has 2 aromatic heterocycles. The molecule has 0 bridgehead atoms. The van der Waals surface area contributed by atoms with Crippen LogP contribution in [0, 0.1) is 0 Å². The number of carbonyl (C=O) groups is 1. The molecule has 0 saturated carbocycles. The number of alkyl halides is 6. The van der Waals surface area contributed by atoms with Crippen LogP contribution in [0.4, 0.5) is 26.3 Å². The van der Waals surface area contributed by atoms with Crippen LogP contribution < -0.4 is 0 Å². The maximum Gasteiger partial charge on any atom is 0.417 e. The summed E-state index contributed by atoms with van der Waals surface area (Å²) in [5, 5.41) is 9.17. The van der Waals surface area contributed by atoms with E-state index in [0.717, 1.165) is 6.07 Å². The molecule has 4 rings (SSSR count). The van der Waals surface area contributed by atoms with Gasteiger partial charge in [0.1, 0.15) is 0 Å². The molecule has 2 heterocycles. The Bertz CT molecular complexity index is 1300. The molecule has 0 aliphatic heterocycles. The summed E-state index contributed by atoms with van der Waals surface area (Å²) < 4.78 is 81.3. The molecule has 0 saturated heterocycles. The molecule has 0 spiro atoms. The average Bonchev–Trinajstić information content (AvgIpc) is 3.15. The minimum Gasteiger partial charge on any atom is -0.478 e. The molecule has 4 nitrogen and oxygen atoms in total. The molecule has 0 atom stereocenters. The summed E-state index contributed by atoms with van der Waals surface area (Å²) in [6.07, 6.45) is -8.48. The van der Waals surface area contributed by atoms with Crippen LogP contribution in [0.2, 0.25) is 0 Å². The van der Waals surface area contributed by atoms with E-state index in [1.807, 2.05) is 0 Å². The second-order valence-electron chi connectivity index (χ2n) is 6.49. The van der Waals surface area contributed by atoms with Gasteiger partial charge < -0.3 is 9.51 Å². The fourth-order valence-corrected chi connectivity index (χ4v) is 3.27. The molecule has 10 heteroatoms. The van der Waals surface area contributed by atoms with E-state index >= 15 is 0 Å². The highest BCUT2D eigenvalue weighted by Gasteiger charge is 2.39. The lowest BCUT2D eigenvalue weighted by atomic mass is 9.99. The second kappa shape index (κ2) is 6.48. The van der Waals surface area contributed by atoms with E-state index in [0.29, 0.717) is 11.6 Å². The Balaban J connectivity index is 2.07. The molecule has 0 aliphatic rings. The number of hydrogen-bond acceptors (Lipinski definition) is 2. The van der Waals surface area contributed by atoms with Crippen molar-refractivity contribution < 1.29 is 36.2 Å². The van der Waals surface area contributed by atoms with Crippen molar-refractivity contribution in [1.82, 2.24) is 9.38 Å². The molecule has 0 unspecified atom stereocenters. The van der Waals surface area contributed by atoms with Gasteiger partial charge in [0.15, 0.2) is 0 Å². The van der Waals surface area contributed by atoms with E-state index in [-0.39, 0.29) is 28.4 Å². The molecule has 0 aliphatic carbocycles. The highest BCUT2D eigenvalue weighted by Crippen LogP contribution is 2.41. The SMILES string of the molecule is O=C(O)c1ccc2c(c1)nc(-c1ccc(C(F)(F)F)cc1C(F)(F)F)c1cccn12. The predicted molar refractivity (Wildman–Crippen MR) is 95.1 cm³/mol. The lowest BCUT2D eigenvalue weighted by Gasteiger charge is -2.17. The van der Waals surface area contributed by atoms with Crippen molar-refractivity contribution in [3.05, 3.63) is 71.4 Å². The third kappa shape index (κ3) is 3.23. The number of fused-ring (bicyclic) bond motifs is 3. The summed E-state index contributed by atoms with van der Waals surface area (Å²) in [6, 6.07) is 8.33. The zero-order valence-electron chi connectivity index (χ0n) is 14.7. The average molecular weight is 424 g/mol. The summed E-state index contributed by atoms with van der Waals surface area (Å²) in [4.78, 5) is 15.4. The molecule has 2 aromatic carbocycles. The lowest BCUT2D eigenvalue weighted by molar-refractivity contribution is -0.142. The van der Waals surface area contributed by atoms with Crippen molar-refractivity contribution in [1.29, 1.82) is 0 Å². The number of aromatic nitrogens is 2. The molecule has 4 aromatic rings. The van der Waals surface area contributed by atoms with Crippen molar-refractivity contribution >= 4 is 22.5 Å². The molecular weight excluding hydrogens is 414 g/mol. The summed E-state index contributed by atoms with van der Waals surface area (Å²) in [6.45, 7) is 0. The highest BCUT2D eigenvalue weighted by atomic mass is 19.4. The summed E-state index contributed by atoms with van der Waals surface area (Å²) in [5.74, 6) is -1.25. The van der Waals surface area contributed by atoms with Crippen LogP contribution in [0.3, 0.4) is 0 Å². The van der Waals surface area contributed by atoms with Gasteiger partial charge in [0.25, 0.3) is 0 Å². The van der Waals surface area contributed by atoms with Gasteiger partial charge in [0, 0.05) is 11.8 Å². The topological polar surface area (TPSA) is 54.6 Å². The van der Waals surface area contributed by atoms with Gasteiger partial charge in [-0.1, -0.05) is 6.07 Å². The molecule has 1 N–H and O–H groups in total. The monoisotopic (exact) mass is 424 g/mol. The Hall–Kier alpha value is -3.56. The maximum atomic E-state index is 13.6. The van der Waals surface area contributed by atoms with Gasteiger partial charge in [-0.3, -0.25) is 0 Å². The van der Waals surface area contributed by atoms with E-state index in [1.165, 1.54) is 28.7 Å². The van der Waals surface area contributed by atoms with Crippen LogP contribution in [-0.4, -0.2) is 20.5 Å². The fraction of sp³-hybridized carbons (Fsp3) is 0.100. The van der Waals surface area contributed by atoms with E-state index in [1.54, 1.807) is 12.3 Å². The van der Waals surface area contributed by atoms with Crippen molar-refractivity contribution in [2.24, 2.45) is 0 Å². The van der Waals surface area contributed by atoms with Crippen molar-refractivity contribution in [3.63, 3.8) is 0 Å². The Labute approximate surface area is 164 Å². The number of hydrogen-bond donors (Lipinski definition) is 1. The van der Waals surface area contributed by atoms with Crippen LogP contribution in [-0.2, 0) is 12.4 Å². The standard InChI is InChI=1S/C20H10F6N2O2/c21-19(22,23)11-4-5-12(13(9-11)20(24,25)26)17-16-2-1-7-28(16)15-6-3-10(18(29)30)8-14(15)27-17/h1-9H,(H,29,30). The van der Waals surface area contributed by atoms with E-state index in [2.05, 4.69) is 4.98 Å². The van der Waals surface area contributed by atoms with Crippen LogP contribution in [0.25, 0.3) is 27.8 Å². The van der Waals surface area contributed by atoms with Gasteiger partial charge in [-0.05, 0) is 42.5 Å². The second-order valence-corrected chi connectivity index (χ2v) is 6.49. The fourth-order valence-electron chi connectivity index (χ4n) is 3.27. The smallest absolute Gasteiger partial charge is 0.417 e. The van der Waals surface area contributed by atoms with Crippen LogP contribution in [0.5, 0.6) is 0 Å². The van der Waals surface area contributed by atoms with E-state index in [9.17, 15) is 36.2 Å². The maximum absolute atomic E-state index is 13.6. The van der Waals surface area contributed by atoms with E-state index in [4.69, 9.17) is 0 Å². The van der Waals surface area contributed by atoms with Gasteiger partial charge in [0.05, 0.1) is 38.9 Å². The predicted octanol–water partition coefficient (Wildman–Crippen LogP) is 5.89. The molecule has 30 heavy (non-hydrogen) atoms. The number of nitrogens with zero attached hydrogens (tertiary/aromatic N) is 2. The summed E-state index contributed by atoms with van der Waals surface area (Å²) in [5.41, 5.74) is -3.05. The first-order valence-electron chi connectivity index (χ1n) is 8.40. The first-order chi connectivity index (χ1) is 14.0. The first kappa shape index (κ1) is 19.7. The Kier molecular flexibility index (Phi) is 4.26. The third-order valence-electron chi connectivity index (χ3n) is 4.61. The molecular formula is C20H10F6N2O2. The number of carboxylic acid groups (broad SMARTS) is 1. The zero-order chi connectivity index (χ0) is 21.8. The van der Waals surface area contributed by atoms with Crippen molar-refractivity contribution in [2.75, 3.05) is 0 Å². The van der Waals surface area contributed by atoms with Crippen LogP contribution in [0.1, 0.15) is 21.5 Å². The van der Waals surface area contributed by atoms with Gasteiger partial charge in [-0.25, -0.2) is 9.78 Å². The molecule has 154 valence electrons. The third-order valence-corrected chi connectivity index (χ3v) is 4.61. The number of rotatable bonds is 2. The molecule has 0 fully saturated rings. The Morgan fingerprint density at radius 2 is 1.63 bits per heavy atom. The Morgan fingerprint density at radius 1 is 0.900 bits per heavy atom. The van der Waals surface area contributed by atoms with Gasteiger partial charge in [0.2, 0.25) is 0 Å². The molecule has 0 radical (unpaired) electrons. The highest BCUT2D eigenvalue weighted by molar-refractivity contribution is 5.95. The minimum atomic E-state index is -5.07. The number of aromatic carboxylic acids is 1. The Morgan fingerprint density at radius 3 is 2.27 bits per heavy atom. The first-order valence-corrected chi connectivity index (χ1v) is 8.40. The van der Waals surface area contributed by atoms with E-state index < -0.39 is 35.0 Å². The number of halogens is 6. The van der Waals surface area contributed by atoms with Crippen molar-refractivity contribution in [3.8, 4) is 11.3 Å². The van der Waals surface area contributed by atoms with Gasteiger partial charge >= 0.3 is 18.3 Å².